The van der Waals surface area contributed by atoms with Gasteiger partial charge in [-0.2, -0.15) is 0 Å². The van der Waals surface area contributed by atoms with Gasteiger partial charge in [-0.1, -0.05) is 11.6 Å². The second kappa shape index (κ2) is 4.57. The predicted molar refractivity (Wildman–Crippen MR) is 73.5 cm³/mol. The maximum Gasteiger partial charge on any atom is 0.136 e. The average Bonchev–Trinajstić information content (AvgIpc) is 2.77. The van der Waals surface area contributed by atoms with Gasteiger partial charge in [-0.25, -0.2) is 0 Å². The molecule has 2 heterocycles. The first kappa shape index (κ1) is 12.0. The molecule has 0 amide bonds. The molecule has 4 heteroatoms. The van der Waals surface area contributed by atoms with E-state index in [2.05, 4.69) is 19.1 Å². The van der Waals surface area contributed by atoms with E-state index < -0.39 is 6.10 Å². The summed E-state index contributed by atoms with van der Waals surface area (Å²) >= 11 is 7.65. The number of aryl methyl sites for hydroxylation is 1. The summed E-state index contributed by atoms with van der Waals surface area (Å²) in [6.45, 7) is 2.07. The van der Waals surface area contributed by atoms with Gasteiger partial charge in [-0.3, -0.25) is 0 Å². The number of thiophene rings is 1. The van der Waals surface area contributed by atoms with Crippen LogP contribution in [0, 0.1) is 6.92 Å². The van der Waals surface area contributed by atoms with Gasteiger partial charge in [-0.15, -0.1) is 11.3 Å². The molecular weight excluding hydrogens is 268 g/mol. The third kappa shape index (κ3) is 2.14. The zero-order valence-electron chi connectivity index (χ0n) is 9.89. The van der Waals surface area contributed by atoms with Crippen LogP contribution < -0.4 is 4.74 Å². The van der Waals surface area contributed by atoms with Gasteiger partial charge in [0.15, 0.2) is 0 Å². The monoisotopic (exact) mass is 280 g/mol. The van der Waals surface area contributed by atoms with Crippen LogP contribution in [0.4, 0.5) is 0 Å². The van der Waals surface area contributed by atoms with Gasteiger partial charge in [0.25, 0.3) is 0 Å². The Labute approximate surface area is 115 Å². The highest BCUT2D eigenvalue weighted by atomic mass is 35.5. The Balaban J connectivity index is 1.94. The lowest BCUT2D eigenvalue weighted by Gasteiger charge is -2.29. The minimum Gasteiger partial charge on any atom is -0.484 e. The lowest BCUT2D eigenvalue weighted by molar-refractivity contribution is 0.0674. The van der Waals surface area contributed by atoms with Crippen LogP contribution in [0.5, 0.6) is 5.75 Å². The molecule has 2 nitrogen and oxygen atoms in total. The quantitative estimate of drug-likeness (QED) is 0.845. The van der Waals surface area contributed by atoms with Gasteiger partial charge in [0.05, 0.1) is 6.10 Å². The number of aliphatic hydroxyl groups is 1. The molecule has 0 fully saturated rings. The highest BCUT2D eigenvalue weighted by molar-refractivity contribution is 7.12. The average molecular weight is 281 g/mol. The van der Waals surface area contributed by atoms with Crippen molar-refractivity contribution in [2.75, 3.05) is 0 Å². The summed E-state index contributed by atoms with van der Waals surface area (Å²) in [5.41, 5.74) is 0.784. The van der Waals surface area contributed by atoms with Gasteiger partial charge >= 0.3 is 0 Å². The molecule has 1 aliphatic heterocycles. The second-order valence-corrected chi connectivity index (χ2v) is 6.24. The summed E-state index contributed by atoms with van der Waals surface area (Å²) in [4.78, 5) is 2.41. The van der Waals surface area contributed by atoms with Crippen LogP contribution in [0.3, 0.4) is 0 Å². The van der Waals surface area contributed by atoms with Crippen molar-refractivity contribution in [2.45, 2.75) is 25.6 Å². The molecule has 2 aromatic rings. The molecular formula is C14H13ClO2S. The van der Waals surface area contributed by atoms with Crippen LogP contribution in [-0.4, -0.2) is 5.11 Å². The van der Waals surface area contributed by atoms with Crippen molar-refractivity contribution >= 4 is 22.9 Å². The Kier molecular flexibility index (Phi) is 3.06. The van der Waals surface area contributed by atoms with Gasteiger partial charge < -0.3 is 9.84 Å². The lowest BCUT2D eigenvalue weighted by atomic mass is 9.98. The van der Waals surface area contributed by atoms with E-state index in [-0.39, 0.29) is 6.10 Å². The minimum atomic E-state index is -0.514. The van der Waals surface area contributed by atoms with Crippen LogP contribution in [0.15, 0.2) is 30.3 Å². The molecule has 0 aliphatic carbocycles. The number of hydrogen-bond acceptors (Lipinski definition) is 3. The van der Waals surface area contributed by atoms with Crippen molar-refractivity contribution in [1.82, 2.24) is 0 Å². The van der Waals surface area contributed by atoms with Gasteiger partial charge in [0.1, 0.15) is 11.9 Å². The van der Waals surface area contributed by atoms with Crippen LogP contribution in [0.25, 0.3) is 0 Å². The molecule has 3 rings (SSSR count). The van der Waals surface area contributed by atoms with Crippen molar-refractivity contribution in [3.05, 3.63) is 50.7 Å². The molecule has 1 N–H and O–H groups in total. The standard InChI is InChI=1S/C14H13ClO2S/c1-8-2-5-14(18-8)13-7-11(16)10-6-9(15)3-4-12(10)17-13/h2-6,11,13,16H,7H2,1H3/t11-,13?/m0/s1. The highest BCUT2D eigenvalue weighted by Gasteiger charge is 2.28. The van der Waals surface area contributed by atoms with Crippen molar-refractivity contribution in [3.63, 3.8) is 0 Å². The smallest absolute Gasteiger partial charge is 0.136 e. The number of hydrogen-bond donors (Lipinski definition) is 1. The van der Waals surface area contributed by atoms with Gasteiger partial charge in [-0.05, 0) is 37.3 Å². The Morgan fingerprint density at radius 1 is 1.33 bits per heavy atom. The summed E-state index contributed by atoms with van der Waals surface area (Å²) < 4.78 is 5.95. The van der Waals surface area contributed by atoms with Crippen molar-refractivity contribution in [2.24, 2.45) is 0 Å². The fraction of sp³-hybridized carbons (Fsp3) is 0.286. The Morgan fingerprint density at radius 2 is 2.17 bits per heavy atom. The highest BCUT2D eigenvalue weighted by Crippen LogP contribution is 2.43. The SMILES string of the molecule is Cc1ccc(C2C[C@H](O)c3cc(Cl)ccc3O2)s1. The molecule has 0 saturated carbocycles. The molecule has 0 saturated heterocycles. The summed E-state index contributed by atoms with van der Waals surface area (Å²) in [6, 6.07) is 9.53. The molecule has 0 spiro atoms. The number of aliphatic hydroxyl groups excluding tert-OH is 1. The summed E-state index contributed by atoms with van der Waals surface area (Å²) in [6.07, 6.45) is 0.0000447. The largest absolute Gasteiger partial charge is 0.484 e. The molecule has 1 unspecified atom stereocenters. The van der Waals surface area contributed by atoms with E-state index in [0.717, 1.165) is 16.2 Å². The second-order valence-electron chi connectivity index (χ2n) is 4.49. The first-order valence-electron chi connectivity index (χ1n) is 5.84. The predicted octanol–water partition coefficient (Wildman–Crippen LogP) is 4.27. The Morgan fingerprint density at radius 3 is 2.89 bits per heavy atom. The Bertz CT molecular complexity index is 579. The molecule has 18 heavy (non-hydrogen) atoms. The molecule has 1 aliphatic rings. The minimum absolute atomic E-state index is 0.0626. The van der Waals surface area contributed by atoms with E-state index in [1.165, 1.54) is 4.88 Å². The number of halogens is 1. The first-order chi connectivity index (χ1) is 8.63. The topological polar surface area (TPSA) is 29.5 Å². The Hall–Kier alpha value is -1.03. The van der Waals surface area contributed by atoms with Crippen LogP contribution in [-0.2, 0) is 0 Å². The van der Waals surface area contributed by atoms with Gasteiger partial charge in [0, 0.05) is 26.8 Å². The van der Waals surface area contributed by atoms with Crippen molar-refractivity contribution < 1.29 is 9.84 Å². The summed E-state index contributed by atoms with van der Waals surface area (Å²) in [7, 11) is 0. The van der Waals surface area contributed by atoms with Crippen LogP contribution in [0.1, 0.15) is 33.9 Å². The number of fused-ring (bicyclic) bond motifs is 1. The maximum absolute atomic E-state index is 10.2. The maximum atomic E-state index is 10.2. The normalized spacial score (nSPS) is 22.4. The molecule has 1 aromatic heterocycles. The molecule has 0 radical (unpaired) electrons. The van der Waals surface area contributed by atoms with E-state index in [9.17, 15) is 5.11 Å². The number of ether oxygens (including phenoxy) is 1. The van der Waals surface area contributed by atoms with E-state index in [0.29, 0.717) is 11.4 Å². The van der Waals surface area contributed by atoms with Crippen molar-refractivity contribution in [3.8, 4) is 5.75 Å². The van der Waals surface area contributed by atoms with E-state index in [4.69, 9.17) is 16.3 Å². The van der Waals surface area contributed by atoms with Crippen LogP contribution >= 0.6 is 22.9 Å². The first-order valence-corrected chi connectivity index (χ1v) is 7.03. The summed E-state index contributed by atoms with van der Waals surface area (Å²) in [5, 5.41) is 10.8. The van der Waals surface area contributed by atoms with E-state index in [1.54, 1.807) is 23.5 Å². The lowest BCUT2D eigenvalue weighted by Crippen LogP contribution is -2.18. The fourth-order valence-electron chi connectivity index (χ4n) is 2.22. The zero-order chi connectivity index (χ0) is 12.7. The fourth-order valence-corrected chi connectivity index (χ4v) is 3.32. The number of benzene rings is 1. The molecule has 0 bridgehead atoms. The van der Waals surface area contributed by atoms with Crippen molar-refractivity contribution in [1.29, 1.82) is 0 Å². The molecule has 2 atom stereocenters. The van der Waals surface area contributed by atoms with Gasteiger partial charge in [0.2, 0.25) is 0 Å². The summed E-state index contributed by atoms with van der Waals surface area (Å²) in [5.74, 6) is 0.731. The molecule has 94 valence electrons. The molecule has 1 aromatic carbocycles. The zero-order valence-corrected chi connectivity index (χ0v) is 11.5. The number of rotatable bonds is 1. The third-order valence-electron chi connectivity index (χ3n) is 3.12. The van der Waals surface area contributed by atoms with E-state index in [1.807, 2.05) is 6.07 Å². The third-order valence-corrected chi connectivity index (χ3v) is 4.44. The van der Waals surface area contributed by atoms with Crippen LogP contribution in [0.2, 0.25) is 5.02 Å². The van der Waals surface area contributed by atoms with E-state index >= 15 is 0 Å².